The van der Waals surface area contributed by atoms with E-state index in [2.05, 4.69) is 4.98 Å². The van der Waals surface area contributed by atoms with Crippen LogP contribution in [-0.4, -0.2) is 33.6 Å². The van der Waals surface area contributed by atoms with Crippen LogP contribution in [0.15, 0.2) is 34.5 Å². The normalized spacial score (nSPS) is 17.5. The molecule has 31 heavy (non-hydrogen) atoms. The highest BCUT2D eigenvalue weighted by Gasteiger charge is 2.33. The number of rotatable bonds is 5. The summed E-state index contributed by atoms with van der Waals surface area (Å²) < 4.78 is 48.5. The molecule has 0 aliphatic carbocycles. The van der Waals surface area contributed by atoms with Crippen molar-refractivity contribution < 1.29 is 27.4 Å². The lowest BCUT2D eigenvalue weighted by atomic mass is 10.0. The molecule has 1 amide bonds. The summed E-state index contributed by atoms with van der Waals surface area (Å²) in [5, 5.41) is 2.71. The van der Waals surface area contributed by atoms with Gasteiger partial charge in [-0.2, -0.15) is 13.2 Å². The number of halogens is 3. The maximum atomic E-state index is 12.6. The lowest BCUT2D eigenvalue weighted by molar-refractivity contribution is -0.0328. The van der Waals surface area contributed by atoms with Crippen LogP contribution in [0.2, 0.25) is 0 Å². The first kappa shape index (κ1) is 23.7. The van der Waals surface area contributed by atoms with Crippen LogP contribution in [-0.2, 0) is 11.3 Å². The molecule has 2 heterocycles. The zero-order valence-corrected chi connectivity index (χ0v) is 19.2. The number of amides is 1. The van der Waals surface area contributed by atoms with Gasteiger partial charge in [-0.25, -0.2) is 9.78 Å². The van der Waals surface area contributed by atoms with Gasteiger partial charge >= 0.3 is 11.6 Å². The van der Waals surface area contributed by atoms with Crippen LogP contribution in [0.4, 0.5) is 18.0 Å². The van der Waals surface area contributed by atoms with E-state index in [1.165, 1.54) is 35.6 Å². The summed E-state index contributed by atoms with van der Waals surface area (Å²) in [6.45, 7) is 6.36. The molecule has 1 aliphatic rings. The SMILES string of the molecule is CC(C)(C)OC(=O)N1CCCCC1c1nc(COc2ccc(SC(F)(F)F)cc2)cs1. The van der Waals surface area contributed by atoms with Crippen molar-refractivity contribution in [1.29, 1.82) is 0 Å². The fourth-order valence-electron chi connectivity index (χ4n) is 3.16. The predicted octanol–water partition coefficient (Wildman–Crippen LogP) is 6.80. The largest absolute Gasteiger partial charge is 0.487 e. The number of thiazole rings is 1. The molecule has 0 radical (unpaired) electrons. The van der Waals surface area contributed by atoms with Crippen molar-refractivity contribution in [3.8, 4) is 5.75 Å². The first-order valence-electron chi connectivity index (χ1n) is 9.93. The second-order valence-electron chi connectivity index (χ2n) is 8.17. The van der Waals surface area contributed by atoms with E-state index in [0.29, 0.717) is 18.0 Å². The van der Waals surface area contributed by atoms with Gasteiger partial charge in [0, 0.05) is 16.8 Å². The third-order valence-corrected chi connectivity index (χ3v) is 6.16. The molecule has 0 bridgehead atoms. The molecular weight excluding hydrogens is 449 g/mol. The Morgan fingerprint density at radius 3 is 2.58 bits per heavy atom. The molecule has 170 valence electrons. The molecule has 1 aromatic heterocycles. The number of hydrogen-bond acceptors (Lipinski definition) is 6. The van der Waals surface area contributed by atoms with E-state index in [1.54, 1.807) is 4.90 Å². The van der Waals surface area contributed by atoms with Crippen molar-refractivity contribution in [3.63, 3.8) is 0 Å². The van der Waals surface area contributed by atoms with Crippen molar-refractivity contribution >= 4 is 29.2 Å². The summed E-state index contributed by atoms with van der Waals surface area (Å²) in [4.78, 5) is 19.1. The minimum Gasteiger partial charge on any atom is -0.487 e. The summed E-state index contributed by atoms with van der Waals surface area (Å²) in [5.74, 6) is 0.467. The Balaban J connectivity index is 1.60. The number of ether oxygens (including phenoxy) is 2. The number of carbonyl (C=O) groups excluding carboxylic acids is 1. The molecular formula is C21H25F3N2O3S2. The third kappa shape index (κ3) is 7.31. The van der Waals surface area contributed by atoms with Crippen molar-refractivity contribution in [3.05, 3.63) is 40.3 Å². The molecule has 0 saturated carbocycles. The van der Waals surface area contributed by atoms with Gasteiger partial charge in [0.15, 0.2) is 0 Å². The maximum absolute atomic E-state index is 12.6. The summed E-state index contributed by atoms with van der Waals surface area (Å²) in [6.07, 6.45) is 2.44. The maximum Gasteiger partial charge on any atom is 0.446 e. The highest BCUT2D eigenvalue weighted by Crippen LogP contribution is 2.37. The lowest BCUT2D eigenvalue weighted by Crippen LogP contribution is -2.41. The van der Waals surface area contributed by atoms with Gasteiger partial charge in [-0.05, 0) is 76.1 Å². The number of aromatic nitrogens is 1. The molecule has 10 heteroatoms. The van der Waals surface area contributed by atoms with Gasteiger partial charge < -0.3 is 9.47 Å². The van der Waals surface area contributed by atoms with Gasteiger partial charge in [-0.1, -0.05) is 0 Å². The summed E-state index contributed by atoms with van der Waals surface area (Å²) >= 11 is 1.31. The van der Waals surface area contributed by atoms with E-state index in [9.17, 15) is 18.0 Å². The fraction of sp³-hybridized carbons (Fsp3) is 0.524. The monoisotopic (exact) mass is 474 g/mol. The minimum atomic E-state index is -4.31. The summed E-state index contributed by atoms with van der Waals surface area (Å²) in [5.41, 5.74) is -4.16. The molecule has 1 atom stereocenters. The van der Waals surface area contributed by atoms with Crippen molar-refractivity contribution in [1.82, 2.24) is 9.88 Å². The number of thioether (sulfide) groups is 1. The molecule has 1 aromatic carbocycles. The van der Waals surface area contributed by atoms with Gasteiger partial charge in [0.1, 0.15) is 23.0 Å². The Labute approximate surface area is 187 Å². The van der Waals surface area contributed by atoms with Crippen LogP contribution in [0.1, 0.15) is 56.8 Å². The van der Waals surface area contributed by atoms with E-state index in [-0.39, 0.29) is 35.4 Å². The fourth-order valence-corrected chi connectivity index (χ4v) is 4.65. The van der Waals surface area contributed by atoms with Crippen LogP contribution < -0.4 is 4.74 Å². The molecule has 0 N–H and O–H groups in total. The van der Waals surface area contributed by atoms with Gasteiger partial charge in [-0.3, -0.25) is 4.90 Å². The van der Waals surface area contributed by atoms with E-state index in [1.807, 2.05) is 26.2 Å². The Kier molecular flexibility index (Phi) is 7.41. The Hall–Kier alpha value is -1.94. The molecule has 0 spiro atoms. The number of alkyl halides is 3. The van der Waals surface area contributed by atoms with Gasteiger partial charge in [0.05, 0.1) is 11.7 Å². The quantitative estimate of drug-likeness (QED) is 0.446. The molecule has 5 nitrogen and oxygen atoms in total. The van der Waals surface area contributed by atoms with E-state index >= 15 is 0 Å². The van der Waals surface area contributed by atoms with E-state index in [0.717, 1.165) is 24.3 Å². The standard InChI is InChI=1S/C21H25F3N2O3S2/c1-20(2,3)29-19(27)26-11-5-4-6-17(26)18-25-14(13-30-18)12-28-15-7-9-16(10-8-15)31-21(22,23)24/h7-10,13,17H,4-6,11-12H2,1-3H3. The molecule has 1 saturated heterocycles. The topological polar surface area (TPSA) is 51.7 Å². The molecule has 2 aromatic rings. The Morgan fingerprint density at radius 2 is 1.94 bits per heavy atom. The smallest absolute Gasteiger partial charge is 0.446 e. The van der Waals surface area contributed by atoms with Gasteiger partial charge in [-0.15, -0.1) is 11.3 Å². The lowest BCUT2D eigenvalue weighted by Gasteiger charge is -2.35. The molecule has 3 rings (SSSR count). The average molecular weight is 475 g/mol. The molecule has 1 unspecified atom stereocenters. The minimum absolute atomic E-state index is 0.107. The van der Waals surface area contributed by atoms with Crippen molar-refractivity contribution in [2.24, 2.45) is 0 Å². The highest BCUT2D eigenvalue weighted by molar-refractivity contribution is 8.00. The van der Waals surface area contributed by atoms with Gasteiger partial charge in [0.25, 0.3) is 0 Å². The van der Waals surface area contributed by atoms with Crippen molar-refractivity contribution in [2.45, 2.75) is 68.7 Å². The predicted molar refractivity (Wildman–Crippen MR) is 114 cm³/mol. The average Bonchev–Trinajstić information content (AvgIpc) is 3.14. The number of piperidine rings is 1. The second kappa shape index (κ2) is 9.68. The number of hydrogen-bond donors (Lipinski definition) is 0. The number of benzene rings is 1. The number of nitrogens with zero attached hydrogens (tertiary/aromatic N) is 2. The van der Waals surface area contributed by atoms with Crippen LogP contribution >= 0.6 is 23.1 Å². The Bertz CT molecular complexity index is 879. The van der Waals surface area contributed by atoms with Gasteiger partial charge in [0.2, 0.25) is 0 Å². The van der Waals surface area contributed by atoms with Crippen molar-refractivity contribution in [2.75, 3.05) is 6.54 Å². The summed E-state index contributed by atoms with van der Waals surface area (Å²) in [6, 6.07) is 5.64. The number of carbonyl (C=O) groups is 1. The Morgan fingerprint density at radius 1 is 1.23 bits per heavy atom. The van der Waals surface area contributed by atoms with E-state index < -0.39 is 11.1 Å². The van der Waals surface area contributed by atoms with Crippen LogP contribution in [0.5, 0.6) is 5.75 Å². The van der Waals surface area contributed by atoms with Crippen LogP contribution in [0.25, 0.3) is 0 Å². The first-order valence-corrected chi connectivity index (χ1v) is 11.6. The first-order chi connectivity index (χ1) is 14.5. The van der Waals surface area contributed by atoms with Crippen LogP contribution in [0.3, 0.4) is 0 Å². The van der Waals surface area contributed by atoms with E-state index in [4.69, 9.17) is 9.47 Å². The second-order valence-corrected chi connectivity index (χ2v) is 10.2. The summed E-state index contributed by atoms with van der Waals surface area (Å²) in [7, 11) is 0. The third-order valence-electron chi connectivity index (χ3n) is 4.43. The molecule has 1 aliphatic heterocycles. The number of likely N-dealkylation sites (tertiary alicyclic amines) is 1. The van der Waals surface area contributed by atoms with Crippen LogP contribution in [0, 0.1) is 0 Å². The molecule has 1 fully saturated rings. The zero-order valence-electron chi connectivity index (χ0n) is 17.6. The highest BCUT2D eigenvalue weighted by atomic mass is 32.2. The zero-order chi connectivity index (χ0) is 22.6.